The van der Waals surface area contributed by atoms with Gasteiger partial charge in [0.15, 0.2) is 0 Å². The number of hydrogen-bond acceptors (Lipinski definition) is 5. The third-order valence-corrected chi connectivity index (χ3v) is 6.86. The van der Waals surface area contributed by atoms with Gasteiger partial charge in [0.1, 0.15) is 0 Å². The van der Waals surface area contributed by atoms with Crippen LogP contribution < -0.4 is 5.73 Å². The molecule has 1 heterocycles. The van der Waals surface area contributed by atoms with E-state index >= 15 is 0 Å². The molecule has 1 aliphatic carbocycles. The van der Waals surface area contributed by atoms with E-state index in [1.165, 1.54) is 11.4 Å². The minimum Gasteiger partial charge on any atom is -0.469 e. The van der Waals surface area contributed by atoms with Crippen LogP contribution in [0.15, 0.2) is 0 Å². The third-order valence-electron chi connectivity index (χ3n) is 4.45. The summed E-state index contributed by atoms with van der Waals surface area (Å²) in [6.45, 7) is 0.932. The number of carbonyl (C=O) groups excluding carboxylic acids is 1. The Morgan fingerprint density at radius 1 is 1.14 bits per heavy atom. The molecule has 2 fully saturated rings. The lowest BCUT2D eigenvalue weighted by molar-refractivity contribution is -0.146. The summed E-state index contributed by atoms with van der Waals surface area (Å²) in [5.41, 5.74) is 5.82. The van der Waals surface area contributed by atoms with Crippen LogP contribution in [0.5, 0.6) is 0 Å². The number of sulfonamides is 1. The maximum atomic E-state index is 12.8. The van der Waals surface area contributed by atoms with Crippen LogP contribution in [-0.2, 0) is 19.6 Å². The minimum absolute atomic E-state index is 0. The largest absolute Gasteiger partial charge is 0.469 e. The Balaban J connectivity index is 0.00000220. The van der Waals surface area contributed by atoms with Gasteiger partial charge in [-0.2, -0.15) is 0 Å². The zero-order valence-electron chi connectivity index (χ0n) is 12.4. The topological polar surface area (TPSA) is 89.7 Å². The predicted octanol–water partition coefficient (Wildman–Crippen LogP) is 0.893. The van der Waals surface area contributed by atoms with Crippen molar-refractivity contribution in [2.24, 2.45) is 11.7 Å². The van der Waals surface area contributed by atoms with Gasteiger partial charge in [-0.15, -0.1) is 12.4 Å². The van der Waals surface area contributed by atoms with Crippen LogP contribution in [0.25, 0.3) is 0 Å². The third kappa shape index (κ3) is 4.09. The summed E-state index contributed by atoms with van der Waals surface area (Å²) >= 11 is 0. The van der Waals surface area contributed by atoms with E-state index in [0.29, 0.717) is 38.8 Å². The van der Waals surface area contributed by atoms with Crippen molar-refractivity contribution in [3.05, 3.63) is 0 Å². The number of ether oxygens (including phenoxy) is 1. The Labute approximate surface area is 132 Å². The lowest BCUT2D eigenvalue weighted by Crippen LogP contribution is -2.50. The summed E-state index contributed by atoms with van der Waals surface area (Å²) in [7, 11) is -2.12. The second-order valence-electron chi connectivity index (χ2n) is 5.73. The fraction of sp³-hybridized carbons (Fsp3) is 0.923. The summed E-state index contributed by atoms with van der Waals surface area (Å²) in [4.78, 5) is 11.8. The molecule has 0 amide bonds. The molecule has 2 unspecified atom stereocenters. The molecule has 0 aromatic carbocycles. The van der Waals surface area contributed by atoms with Gasteiger partial charge in [-0.1, -0.05) is 12.8 Å². The fourth-order valence-electron chi connectivity index (χ4n) is 3.20. The van der Waals surface area contributed by atoms with Gasteiger partial charge >= 0.3 is 5.97 Å². The normalized spacial score (nSPS) is 28.7. The Bertz CT molecular complexity index is 449. The first-order valence-electron chi connectivity index (χ1n) is 7.29. The van der Waals surface area contributed by atoms with Crippen molar-refractivity contribution >= 4 is 28.4 Å². The zero-order chi connectivity index (χ0) is 14.8. The van der Waals surface area contributed by atoms with E-state index in [1.54, 1.807) is 0 Å². The molecule has 0 radical (unpaired) electrons. The predicted molar refractivity (Wildman–Crippen MR) is 82.7 cm³/mol. The van der Waals surface area contributed by atoms with Gasteiger partial charge in [0.05, 0.1) is 18.3 Å². The molecule has 1 saturated heterocycles. The second-order valence-corrected chi connectivity index (χ2v) is 7.89. The highest BCUT2D eigenvalue weighted by atomic mass is 35.5. The van der Waals surface area contributed by atoms with E-state index in [9.17, 15) is 13.2 Å². The molecule has 21 heavy (non-hydrogen) atoms. The van der Waals surface area contributed by atoms with Crippen LogP contribution in [-0.4, -0.2) is 50.2 Å². The van der Waals surface area contributed by atoms with E-state index in [4.69, 9.17) is 10.5 Å². The van der Waals surface area contributed by atoms with Crippen LogP contribution >= 0.6 is 12.4 Å². The van der Waals surface area contributed by atoms with E-state index in [2.05, 4.69) is 0 Å². The van der Waals surface area contributed by atoms with E-state index < -0.39 is 27.2 Å². The summed E-state index contributed by atoms with van der Waals surface area (Å²) in [6, 6.07) is 0.0872. The molecule has 6 nitrogen and oxygen atoms in total. The van der Waals surface area contributed by atoms with Gasteiger partial charge in [-0.3, -0.25) is 4.79 Å². The average Bonchev–Trinajstić information content (AvgIpc) is 2.47. The summed E-state index contributed by atoms with van der Waals surface area (Å²) in [5, 5.41) is -0.627. The molecule has 0 spiro atoms. The molecule has 0 aromatic rings. The van der Waals surface area contributed by atoms with Gasteiger partial charge in [-0.25, -0.2) is 12.7 Å². The minimum atomic E-state index is -3.44. The Kier molecular flexibility index (Phi) is 6.90. The number of esters is 1. The highest BCUT2D eigenvalue weighted by Crippen LogP contribution is 2.33. The smallest absolute Gasteiger partial charge is 0.310 e. The first-order chi connectivity index (χ1) is 9.46. The molecule has 1 aliphatic heterocycles. The zero-order valence-corrected chi connectivity index (χ0v) is 14.0. The molecule has 2 N–H and O–H groups in total. The Morgan fingerprint density at radius 2 is 1.71 bits per heavy atom. The summed E-state index contributed by atoms with van der Waals surface area (Å²) in [6.07, 6.45) is 4.26. The van der Waals surface area contributed by atoms with Crippen molar-refractivity contribution in [1.82, 2.24) is 4.31 Å². The first kappa shape index (κ1) is 18.7. The van der Waals surface area contributed by atoms with Crippen molar-refractivity contribution in [1.29, 1.82) is 0 Å². The standard InChI is InChI=1S/C13H24N2O4S.ClH/c1-19-13(16)11-4-2-3-5-12(11)20(17,18)15-8-6-10(14)7-9-15;/h10-12H,2-9,14H2,1H3;1H. The van der Waals surface area contributed by atoms with E-state index in [0.717, 1.165) is 12.8 Å². The average molecular weight is 341 g/mol. The SMILES string of the molecule is COC(=O)C1CCCCC1S(=O)(=O)N1CCC(N)CC1.Cl. The quantitative estimate of drug-likeness (QED) is 0.771. The van der Waals surface area contributed by atoms with E-state index in [-0.39, 0.29) is 18.4 Å². The van der Waals surface area contributed by atoms with Crippen LogP contribution in [0.4, 0.5) is 0 Å². The van der Waals surface area contributed by atoms with Gasteiger partial charge in [0.2, 0.25) is 10.0 Å². The molecule has 124 valence electrons. The highest BCUT2D eigenvalue weighted by molar-refractivity contribution is 7.89. The number of methoxy groups -OCH3 is 1. The molecule has 1 saturated carbocycles. The molecular weight excluding hydrogens is 316 g/mol. The molecule has 8 heteroatoms. The molecule has 2 aliphatic rings. The van der Waals surface area contributed by atoms with Crippen molar-refractivity contribution in [3.8, 4) is 0 Å². The molecule has 0 aromatic heterocycles. The van der Waals surface area contributed by atoms with Gasteiger partial charge in [-0.05, 0) is 25.7 Å². The first-order valence-corrected chi connectivity index (χ1v) is 8.79. The lowest BCUT2D eigenvalue weighted by atomic mass is 9.89. The number of carbonyl (C=O) groups is 1. The second kappa shape index (κ2) is 7.76. The monoisotopic (exact) mass is 340 g/mol. The number of nitrogens with two attached hydrogens (primary N) is 1. The maximum Gasteiger partial charge on any atom is 0.310 e. The number of rotatable bonds is 3. The fourth-order valence-corrected chi connectivity index (χ4v) is 5.43. The molecule has 2 atom stereocenters. The highest BCUT2D eigenvalue weighted by Gasteiger charge is 2.43. The molecule has 2 rings (SSSR count). The van der Waals surface area contributed by atoms with Crippen LogP contribution in [0.1, 0.15) is 38.5 Å². The van der Waals surface area contributed by atoms with Gasteiger partial charge < -0.3 is 10.5 Å². The van der Waals surface area contributed by atoms with Crippen molar-refractivity contribution in [2.75, 3.05) is 20.2 Å². The Hall–Kier alpha value is -0.370. The number of hydrogen-bond donors (Lipinski definition) is 1. The number of piperidine rings is 1. The molecule has 0 bridgehead atoms. The summed E-state index contributed by atoms with van der Waals surface area (Å²) in [5.74, 6) is -0.915. The van der Waals surface area contributed by atoms with Gasteiger partial charge in [0.25, 0.3) is 0 Å². The maximum absolute atomic E-state index is 12.8. The lowest BCUT2D eigenvalue weighted by Gasteiger charge is -2.36. The van der Waals surface area contributed by atoms with Gasteiger partial charge in [0, 0.05) is 19.1 Å². The van der Waals surface area contributed by atoms with Crippen LogP contribution in [0.3, 0.4) is 0 Å². The number of halogens is 1. The Morgan fingerprint density at radius 3 is 2.29 bits per heavy atom. The molecular formula is C13H25ClN2O4S. The van der Waals surface area contributed by atoms with Crippen molar-refractivity contribution < 1.29 is 17.9 Å². The van der Waals surface area contributed by atoms with Crippen molar-refractivity contribution in [3.63, 3.8) is 0 Å². The van der Waals surface area contributed by atoms with Crippen LogP contribution in [0.2, 0.25) is 0 Å². The van der Waals surface area contributed by atoms with Crippen molar-refractivity contribution in [2.45, 2.75) is 49.8 Å². The summed E-state index contributed by atoms with van der Waals surface area (Å²) < 4.78 is 31.8. The van der Waals surface area contributed by atoms with Crippen LogP contribution in [0, 0.1) is 5.92 Å². The van der Waals surface area contributed by atoms with E-state index in [1.807, 2.05) is 0 Å². The number of nitrogens with zero attached hydrogens (tertiary/aromatic N) is 1.